The molecular weight excluding hydrogens is 318 g/mol. The number of benzene rings is 2. The van der Waals surface area contributed by atoms with Crippen molar-refractivity contribution in [3.05, 3.63) is 58.1 Å². The minimum atomic E-state index is -0.0926. The summed E-state index contributed by atoms with van der Waals surface area (Å²) < 4.78 is 0.779. The van der Waals surface area contributed by atoms with Crippen LogP contribution in [0.2, 0.25) is 0 Å². The molecule has 104 valence electrons. The van der Waals surface area contributed by atoms with Crippen LogP contribution in [0.1, 0.15) is 22.8 Å². The lowest BCUT2D eigenvalue weighted by molar-refractivity contribution is 0.0987. The summed E-state index contributed by atoms with van der Waals surface area (Å²) in [5, 5.41) is 9.55. The van der Waals surface area contributed by atoms with Crippen molar-refractivity contribution < 1.29 is 9.90 Å². The fourth-order valence-electron chi connectivity index (χ4n) is 2.04. The Hall–Kier alpha value is -1.81. The van der Waals surface area contributed by atoms with Gasteiger partial charge in [0.1, 0.15) is 5.75 Å². The second kappa shape index (κ2) is 6.09. The number of hydrogen-bond acceptors (Lipinski definition) is 2. The smallest absolute Gasteiger partial charge is 0.259 e. The lowest BCUT2D eigenvalue weighted by Gasteiger charge is -2.22. The third-order valence-corrected chi connectivity index (χ3v) is 3.71. The zero-order chi connectivity index (χ0) is 14.7. The van der Waals surface area contributed by atoms with Gasteiger partial charge in [0.05, 0.1) is 5.56 Å². The fourth-order valence-corrected chi connectivity index (χ4v) is 2.71. The van der Waals surface area contributed by atoms with Crippen molar-refractivity contribution in [1.82, 2.24) is 0 Å². The van der Waals surface area contributed by atoms with Crippen LogP contribution in [0.3, 0.4) is 0 Å². The molecule has 0 aliphatic heterocycles. The zero-order valence-electron chi connectivity index (χ0n) is 11.4. The second-order valence-corrected chi connectivity index (χ2v) is 5.41. The Balaban J connectivity index is 2.39. The van der Waals surface area contributed by atoms with E-state index in [4.69, 9.17) is 0 Å². The number of phenols is 1. The summed E-state index contributed by atoms with van der Waals surface area (Å²) in [6.45, 7) is 4.42. The molecule has 0 aliphatic rings. The van der Waals surface area contributed by atoms with Crippen molar-refractivity contribution >= 4 is 27.5 Å². The number of hydrogen-bond donors (Lipinski definition) is 1. The number of amides is 1. The molecule has 0 spiro atoms. The van der Waals surface area contributed by atoms with Crippen molar-refractivity contribution in [2.24, 2.45) is 0 Å². The third-order valence-electron chi connectivity index (χ3n) is 3.06. The van der Waals surface area contributed by atoms with Gasteiger partial charge in [0.25, 0.3) is 5.91 Å². The van der Waals surface area contributed by atoms with E-state index in [0.29, 0.717) is 17.8 Å². The fraction of sp³-hybridized carbons (Fsp3) is 0.188. The largest absolute Gasteiger partial charge is 0.508 e. The van der Waals surface area contributed by atoms with E-state index in [1.54, 1.807) is 23.1 Å². The molecule has 0 heterocycles. The number of nitrogens with zero attached hydrogens (tertiary/aromatic N) is 1. The van der Waals surface area contributed by atoms with Crippen LogP contribution >= 0.6 is 15.9 Å². The highest BCUT2D eigenvalue weighted by Gasteiger charge is 2.18. The minimum absolute atomic E-state index is 0.0926. The van der Waals surface area contributed by atoms with E-state index in [1.807, 2.05) is 38.1 Å². The highest BCUT2D eigenvalue weighted by Crippen LogP contribution is 2.25. The van der Waals surface area contributed by atoms with Gasteiger partial charge in [0, 0.05) is 22.8 Å². The summed E-state index contributed by atoms with van der Waals surface area (Å²) >= 11 is 3.44. The molecule has 2 rings (SSSR count). The third kappa shape index (κ3) is 3.02. The SMILES string of the molecule is CCN(C(=O)c1ccc(C)cc1Br)c1cccc(O)c1. The molecule has 0 saturated heterocycles. The molecule has 0 saturated carbocycles. The number of aryl methyl sites for hydroxylation is 1. The Morgan fingerprint density at radius 1 is 1.25 bits per heavy atom. The Morgan fingerprint density at radius 3 is 2.60 bits per heavy atom. The molecular formula is C16H16BrNO2. The first-order valence-electron chi connectivity index (χ1n) is 6.40. The topological polar surface area (TPSA) is 40.5 Å². The second-order valence-electron chi connectivity index (χ2n) is 4.55. The standard InChI is InChI=1S/C16H16BrNO2/c1-3-18(12-5-4-6-13(19)10-12)16(20)14-8-7-11(2)9-15(14)17/h4-10,19H,3H2,1-2H3. The van der Waals surface area contributed by atoms with Gasteiger partial charge in [-0.25, -0.2) is 0 Å². The van der Waals surface area contributed by atoms with Crippen molar-refractivity contribution in [1.29, 1.82) is 0 Å². The predicted octanol–water partition coefficient (Wildman–Crippen LogP) is 4.13. The van der Waals surface area contributed by atoms with Gasteiger partial charge in [0.15, 0.2) is 0 Å². The summed E-state index contributed by atoms with van der Waals surface area (Å²) in [7, 11) is 0. The van der Waals surface area contributed by atoms with Gasteiger partial charge in [-0.2, -0.15) is 0 Å². The highest BCUT2D eigenvalue weighted by atomic mass is 79.9. The molecule has 2 aromatic carbocycles. The van der Waals surface area contributed by atoms with Gasteiger partial charge >= 0.3 is 0 Å². The van der Waals surface area contributed by atoms with Gasteiger partial charge in [-0.3, -0.25) is 4.79 Å². The Morgan fingerprint density at radius 2 is 2.00 bits per heavy atom. The zero-order valence-corrected chi connectivity index (χ0v) is 13.0. The van der Waals surface area contributed by atoms with E-state index >= 15 is 0 Å². The molecule has 3 nitrogen and oxygen atoms in total. The molecule has 1 N–H and O–H groups in total. The normalized spacial score (nSPS) is 10.3. The number of phenolic OH excluding ortho intramolecular Hbond substituents is 1. The average molecular weight is 334 g/mol. The van der Waals surface area contributed by atoms with Gasteiger partial charge in [-0.15, -0.1) is 0 Å². The van der Waals surface area contributed by atoms with Crippen LogP contribution < -0.4 is 4.90 Å². The molecule has 0 aromatic heterocycles. The van der Waals surface area contributed by atoms with Crippen LogP contribution in [0.15, 0.2) is 46.9 Å². The van der Waals surface area contributed by atoms with E-state index in [9.17, 15) is 9.90 Å². The van der Waals surface area contributed by atoms with E-state index in [2.05, 4.69) is 15.9 Å². The molecule has 0 radical (unpaired) electrons. The van der Waals surface area contributed by atoms with Crippen LogP contribution in [0.4, 0.5) is 5.69 Å². The molecule has 0 unspecified atom stereocenters. The Kier molecular flexibility index (Phi) is 4.45. The van der Waals surface area contributed by atoms with Crippen LogP contribution in [0.5, 0.6) is 5.75 Å². The van der Waals surface area contributed by atoms with Crippen molar-refractivity contribution in [3.63, 3.8) is 0 Å². The number of carbonyl (C=O) groups is 1. The predicted molar refractivity (Wildman–Crippen MR) is 84.3 cm³/mol. The van der Waals surface area contributed by atoms with E-state index in [-0.39, 0.29) is 11.7 Å². The number of anilines is 1. The summed E-state index contributed by atoms with van der Waals surface area (Å²) in [5.74, 6) is 0.0571. The molecule has 2 aromatic rings. The van der Waals surface area contributed by atoms with Gasteiger partial charge in [-0.05, 0) is 59.6 Å². The van der Waals surface area contributed by atoms with E-state index in [0.717, 1.165) is 10.0 Å². The van der Waals surface area contributed by atoms with Gasteiger partial charge in [-0.1, -0.05) is 12.1 Å². The minimum Gasteiger partial charge on any atom is -0.508 e. The molecule has 0 fully saturated rings. The first kappa shape index (κ1) is 14.6. The summed E-state index contributed by atoms with van der Waals surface area (Å²) in [6.07, 6.45) is 0. The molecule has 1 amide bonds. The van der Waals surface area contributed by atoms with Gasteiger partial charge < -0.3 is 10.0 Å². The number of aromatic hydroxyl groups is 1. The quantitative estimate of drug-likeness (QED) is 0.917. The monoisotopic (exact) mass is 333 g/mol. The van der Waals surface area contributed by atoms with E-state index in [1.165, 1.54) is 0 Å². The number of rotatable bonds is 3. The summed E-state index contributed by atoms with van der Waals surface area (Å²) in [5.41, 5.74) is 2.39. The van der Waals surface area contributed by atoms with Crippen LogP contribution in [-0.2, 0) is 0 Å². The summed E-state index contributed by atoms with van der Waals surface area (Å²) in [4.78, 5) is 14.3. The lowest BCUT2D eigenvalue weighted by atomic mass is 10.1. The molecule has 20 heavy (non-hydrogen) atoms. The molecule has 0 bridgehead atoms. The average Bonchev–Trinajstić information content (AvgIpc) is 2.39. The van der Waals surface area contributed by atoms with Gasteiger partial charge in [0.2, 0.25) is 0 Å². The van der Waals surface area contributed by atoms with Crippen molar-refractivity contribution in [3.8, 4) is 5.75 Å². The van der Waals surface area contributed by atoms with Crippen molar-refractivity contribution in [2.75, 3.05) is 11.4 Å². The highest BCUT2D eigenvalue weighted by molar-refractivity contribution is 9.10. The molecule has 0 atom stereocenters. The van der Waals surface area contributed by atoms with Crippen LogP contribution in [0.25, 0.3) is 0 Å². The number of halogens is 1. The maximum atomic E-state index is 12.6. The van der Waals surface area contributed by atoms with Crippen molar-refractivity contribution in [2.45, 2.75) is 13.8 Å². The first-order chi connectivity index (χ1) is 9.52. The maximum Gasteiger partial charge on any atom is 0.259 e. The van der Waals surface area contributed by atoms with E-state index < -0.39 is 0 Å². The maximum absolute atomic E-state index is 12.6. The molecule has 0 aliphatic carbocycles. The Bertz CT molecular complexity index is 640. The lowest BCUT2D eigenvalue weighted by Crippen LogP contribution is -2.30. The first-order valence-corrected chi connectivity index (χ1v) is 7.19. The number of carbonyl (C=O) groups excluding carboxylic acids is 1. The van der Waals surface area contributed by atoms with Crippen LogP contribution in [-0.4, -0.2) is 17.6 Å². The van der Waals surface area contributed by atoms with Crippen LogP contribution in [0, 0.1) is 6.92 Å². The molecule has 4 heteroatoms. The Labute approximate surface area is 127 Å². The summed E-state index contributed by atoms with van der Waals surface area (Å²) in [6, 6.07) is 12.4.